The van der Waals surface area contributed by atoms with Gasteiger partial charge in [-0.2, -0.15) is 0 Å². The van der Waals surface area contributed by atoms with E-state index in [4.69, 9.17) is 10.2 Å². The van der Waals surface area contributed by atoms with Crippen LogP contribution < -0.4 is 4.72 Å². The molecular weight excluding hydrogens is 270 g/mol. The van der Waals surface area contributed by atoms with Gasteiger partial charge in [0.25, 0.3) is 0 Å². The van der Waals surface area contributed by atoms with E-state index in [0.29, 0.717) is 18.5 Å². The molecule has 6 nitrogen and oxygen atoms in total. The molecule has 0 saturated carbocycles. The number of aliphatic hydroxyl groups is 1. The highest BCUT2D eigenvalue weighted by molar-refractivity contribution is 7.94. The predicted molar refractivity (Wildman–Crippen MR) is 71.5 cm³/mol. The van der Waals surface area contributed by atoms with Gasteiger partial charge in [0.1, 0.15) is 0 Å². The molecule has 1 aromatic carbocycles. The maximum atomic E-state index is 11.7. The van der Waals surface area contributed by atoms with Gasteiger partial charge < -0.3 is 10.2 Å². The number of hydrogen-bond donors (Lipinski definition) is 3. The zero-order chi connectivity index (χ0) is 14.5. The second-order valence-electron chi connectivity index (χ2n) is 4.16. The van der Waals surface area contributed by atoms with E-state index < -0.39 is 21.2 Å². The standard InChI is InChI=1S/C12H17NO5S/c1-9(12(15)16)19(17,18)13-11-6-2-4-10(8-11)5-3-7-14/h2,4,6,8-9,13-14H,3,5,7H2,1H3,(H,15,16). The number of aliphatic carboxylic acids is 1. The number of anilines is 1. The van der Waals surface area contributed by atoms with Crippen LogP contribution >= 0.6 is 0 Å². The largest absolute Gasteiger partial charge is 0.480 e. The molecule has 1 rings (SSSR count). The number of sulfonamides is 1. The zero-order valence-electron chi connectivity index (χ0n) is 10.5. The average Bonchev–Trinajstić information content (AvgIpc) is 2.35. The Morgan fingerprint density at radius 1 is 1.42 bits per heavy atom. The summed E-state index contributed by atoms with van der Waals surface area (Å²) in [6.07, 6.45) is 1.21. The number of carboxylic acids is 1. The van der Waals surface area contributed by atoms with Gasteiger partial charge in [-0.05, 0) is 37.5 Å². The van der Waals surface area contributed by atoms with E-state index in [9.17, 15) is 13.2 Å². The number of carboxylic acid groups (broad SMARTS) is 1. The summed E-state index contributed by atoms with van der Waals surface area (Å²) in [7, 11) is -3.95. The Labute approximate surface area is 112 Å². The first-order chi connectivity index (χ1) is 8.86. The zero-order valence-corrected chi connectivity index (χ0v) is 11.4. The van der Waals surface area contributed by atoms with E-state index in [1.807, 2.05) is 6.07 Å². The minimum Gasteiger partial charge on any atom is -0.480 e. The van der Waals surface area contributed by atoms with Gasteiger partial charge in [-0.25, -0.2) is 8.42 Å². The van der Waals surface area contributed by atoms with Crippen LogP contribution in [0.3, 0.4) is 0 Å². The first-order valence-electron chi connectivity index (χ1n) is 5.81. The first kappa shape index (κ1) is 15.5. The van der Waals surface area contributed by atoms with Crippen molar-refractivity contribution in [3.8, 4) is 0 Å². The summed E-state index contributed by atoms with van der Waals surface area (Å²) in [4.78, 5) is 10.7. The lowest BCUT2D eigenvalue weighted by molar-refractivity contribution is -0.136. The summed E-state index contributed by atoms with van der Waals surface area (Å²) in [5, 5.41) is 15.9. The van der Waals surface area contributed by atoms with Gasteiger partial charge in [0.05, 0.1) is 0 Å². The van der Waals surface area contributed by atoms with Crippen molar-refractivity contribution in [1.29, 1.82) is 0 Å². The molecule has 0 aliphatic rings. The van der Waals surface area contributed by atoms with Crippen LogP contribution in [0.4, 0.5) is 5.69 Å². The van der Waals surface area contributed by atoms with E-state index in [-0.39, 0.29) is 6.61 Å². The third kappa shape index (κ3) is 4.53. The van der Waals surface area contributed by atoms with Crippen LogP contribution in [0.5, 0.6) is 0 Å². The van der Waals surface area contributed by atoms with Crippen LogP contribution in [-0.4, -0.2) is 36.5 Å². The lowest BCUT2D eigenvalue weighted by Crippen LogP contribution is -2.32. The molecule has 0 bridgehead atoms. The van der Waals surface area contributed by atoms with Crippen molar-refractivity contribution >= 4 is 21.7 Å². The monoisotopic (exact) mass is 287 g/mol. The predicted octanol–water partition coefficient (Wildman–Crippen LogP) is 0.826. The van der Waals surface area contributed by atoms with Crippen LogP contribution in [0, 0.1) is 0 Å². The highest BCUT2D eigenvalue weighted by Crippen LogP contribution is 2.15. The molecule has 106 valence electrons. The smallest absolute Gasteiger partial charge is 0.323 e. The van der Waals surface area contributed by atoms with Gasteiger partial charge in [0, 0.05) is 12.3 Å². The molecule has 0 aliphatic heterocycles. The fraction of sp³-hybridized carbons (Fsp3) is 0.417. The van der Waals surface area contributed by atoms with Crippen molar-refractivity contribution in [2.45, 2.75) is 25.0 Å². The van der Waals surface area contributed by atoms with Crippen molar-refractivity contribution < 1.29 is 23.4 Å². The molecule has 0 heterocycles. The van der Waals surface area contributed by atoms with E-state index in [1.165, 1.54) is 0 Å². The summed E-state index contributed by atoms with van der Waals surface area (Å²) in [5.41, 5.74) is 1.20. The molecule has 1 aromatic rings. The quantitative estimate of drug-likeness (QED) is 0.689. The molecule has 0 radical (unpaired) electrons. The molecule has 19 heavy (non-hydrogen) atoms. The lowest BCUT2D eigenvalue weighted by Gasteiger charge is -2.12. The first-order valence-corrected chi connectivity index (χ1v) is 7.35. The van der Waals surface area contributed by atoms with Gasteiger partial charge >= 0.3 is 5.97 Å². The number of rotatable bonds is 7. The lowest BCUT2D eigenvalue weighted by atomic mass is 10.1. The van der Waals surface area contributed by atoms with Crippen LogP contribution in [-0.2, 0) is 21.2 Å². The molecule has 7 heteroatoms. The van der Waals surface area contributed by atoms with Gasteiger partial charge in [0.2, 0.25) is 10.0 Å². The molecular formula is C12H17NO5S. The highest BCUT2D eigenvalue weighted by Gasteiger charge is 2.27. The summed E-state index contributed by atoms with van der Waals surface area (Å²) in [5.74, 6) is -1.40. The fourth-order valence-electron chi connectivity index (χ4n) is 1.46. The fourth-order valence-corrected chi connectivity index (χ4v) is 2.36. The van der Waals surface area contributed by atoms with Crippen molar-refractivity contribution in [3.63, 3.8) is 0 Å². The van der Waals surface area contributed by atoms with Gasteiger partial charge in [0.15, 0.2) is 5.25 Å². The number of benzene rings is 1. The molecule has 1 unspecified atom stereocenters. The average molecular weight is 287 g/mol. The Balaban J connectivity index is 2.85. The maximum Gasteiger partial charge on any atom is 0.323 e. The number of hydrogen-bond acceptors (Lipinski definition) is 4. The number of nitrogens with one attached hydrogen (secondary N) is 1. The SMILES string of the molecule is CC(C(=O)O)S(=O)(=O)Nc1cccc(CCCO)c1. The van der Waals surface area contributed by atoms with Crippen molar-refractivity contribution in [1.82, 2.24) is 0 Å². The Bertz CT molecular complexity index is 541. The van der Waals surface area contributed by atoms with E-state index >= 15 is 0 Å². The van der Waals surface area contributed by atoms with Gasteiger partial charge in [-0.3, -0.25) is 9.52 Å². The van der Waals surface area contributed by atoms with Crippen LogP contribution in [0.2, 0.25) is 0 Å². The molecule has 0 saturated heterocycles. The maximum absolute atomic E-state index is 11.7. The van der Waals surface area contributed by atoms with Crippen molar-refractivity contribution in [2.75, 3.05) is 11.3 Å². The van der Waals surface area contributed by atoms with Crippen LogP contribution in [0.15, 0.2) is 24.3 Å². The molecule has 0 aromatic heterocycles. The summed E-state index contributed by atoms with van der Waals surface area (Å²) < 4.78 is 25.7. The molecule has 3 N–H and O–H groups in total. The molecule has 0 amide bonds. The molecule has 0 fully saturated rings. The van der Waals surface area contributed by atoms with E-state index in [1.54, 1.807) is 18.2 Å². The Kier molecular flexibility index (Phi) is 5.31. The number of carbonyl (C=O) groups is 1. The van der Waals surface area contributed by atoms with Crippen molar-refractivity contribution in [3.05, 3.63) is 29.8 Å². The minimum absolute atomic E-state index is 0.0615. The van der Waals surface area contributed by atoms with Crippen molar-refractivity contribution in [2.24, 2.45) is 0 Å². The Morgan fingerprint density at radius 3 is 2.68 bits per heavy atom. The molecule has 0 spiro atoms. The van der Waals surface area contributed by atoms with Crippen LogP contribution in [0.1, 0.15) is 18.9 Å². The number of aliphatic hydroxyl groups excluding tert-OH is 1. The number of aryl methyl sites for hydroxylation is 1. The third-order valence-corrected chi connectivity index (χ3v) is 4.28. The minimum atomic E-state index is -3.95. The Morgan fingerprint density at radius 2 is 2.11 bits per heavy atom. The van der Waals surface area contributed by atoms with E-state index in [2.05, 4.69) is 4.72 Å². The summed E-state index contributed by atoms with van der Waals surface area (Å²) in [6, 6.07) is 6.67. The van der Waals surface area contributed by atoms with Crippen LogP contribution in [0.25, 0.3) is 0 Å². The molecule has 1 atom stereocenters. The second-order valence-corrected chi connectivity index (χ2v) is 6.16. The highest BCUT2D eigenvalue weighted by atomic mass is 32.2. The normalized spacial score (nSPS) is 12.9. The topological polar surface area (TPSA) is 104 Å². The third-order valence-electron chi connectivity index (χ3n) is 2.62. The second kappa shape index (κ2) is 6.53. The summed E-state index contributed by atoms with van der Waals surface area (Å²) >= 11 is 0. The van der Waals surface area contributed by atoms with E-state index in [0.717, 1.165) is 12.5 Å². The van der Waals surface area contributed by atoms with Gasteiger partial charge in [-0.1, -0.05) is 12.1 Å². The van der Waals surface area contributed by atoms with Gasteiger partial charge in [-0.15, -0.1) is 0 Å². The Hall–Kier alpha value is -1.60. The summed E-state index contributed by atoms with van der Waals surface area (Å²) in [6.45, 7) is 1.17. The molecule has 0 aliphatic carbocycles.